The monoisotopic (exact) mass is 277 g/mol. The van der Waals surface area contributed by atoms with Gasteiger partial charge in [-0.15, -0.1) is 0 Å². The maximum atomic E-state index is 12.1. The van der Waals surface area contributed by atoms with Crippen LogP contribution in [0.25, 0.3) is 0 Å². The standard InChI is InChI=1S/C13H15N3O2S/c14-8-2-3-9-7(5-8)1-4-10(9)15-12(17)11-6-19-13(18)16-11/h2-3,5,10-11H,1,4,6,14H2,(H,15,17)(H,16,18). The molecule has 1 saturated heterocycles. The summed E-state index contributed by atoms with van der Waals surface area (Å²) in [6.07, 6.45) is 1.81. The summed E-state index contributed by atoms with van der Waals surface area (Å²) >= 11 is 1.15. The number of anilines is 1. The first-order chi connectivity index (χ1) is 9.13. The van der Waals surface area contributed by atoms with Gasteiger partial charge in [-0.05, 0) is 36.1 Å². The molecule has 4 N–H and O–H groups in total. The number of nitrogens with two attached hydrogens (primary N) is 1. The molecule has 2 amide bonds. The quantitative estimate of drug-likeness (QED) is 0.709. The highest BCUT2D eigenvalue weighted by Gasteiger charge is 2.31. The number of benzene rings is 1. The third kappa shape index (κ3) is 2.40. The first-order valence-electron chi connectivity index (χ1n) is 6.25. The van der Waals surface area contributed by atoms with Crippen LogP contribution in [0, 0.1) is 0 Å². The molecule has 19 heavy (non-hydrogen) atoms. The van der Waals surface area contributed by atoms with E-state index in [4.69, 9.17) is 5.73 Å². The van der Waals surface area contributed by atoms with Crippen LogP contribution < -0.4 is 16.4 Å². The Kier molecular flexibility index (Phi) is 3.10. The van der Waals surface area contributed by atoms with E-state index >= 15 is 0 Å². The van der Waals surface area contributed by atoms with Gasteiger partial charge in [0, 0.05) is 11.4 Å². The van der Waals surface area contributed by atoms with Crippen molar-refractivity contribution in [2.75, 3.05) is 11.5 Å². The van der Waals surface area contributed by atoms with Crippen molar-refractivity contribution in [1.29, 1.82) is 0 Å². The van der Waals surface area contributed by atoms with Gasteiger partial charge in [0.15, 0.2) is 0 Å². The van der Waals surface area contributed by atoms with E-state index in [9.17, 15) is 9.59 Å². The Morgan fingerprint density at radius 1 is 1.47 bits per heavy atom. The molecule has 3 rings (SSSR count). The van der Waals surface area contributed by atoms with E-state index in [-0.39, 0.29) is 17.2 Å². The fraction of sp³-hybridized carbons (Fsp3) is 0.385. The van der Waals surface area contributed by atoms with Gasteiger partial charge in [-0.3, -0.25) is 9.59 Å². The van der Waals surface area contributed by atoms with Crippen molar-refractivity contribution in [1.82, 2.24) is 10.6 Å². The van der Waals surface area contributed by atoms with E-state index < -0.39 is 6.04 Å². The highest BCUT2D eigenvalue weighted by Crippen LogP contribution is 2.32. The molecule has 6 heteroatoms. The Morgan fingerprint density at radius 3 is 3.05 bits per heavy atom. The van der Waals surface area contributed by atoms with E-state index in [0.717, 1.165) is 35.9 Å². The summed E-state index contributed by atoms with van der Waals surface area (Å²) < 4.78 is 0. The molecule has 5 nitrogen and oxygen atoms in total. The fourth-order valence-electron chi connectivity index (χ4n) is 2.59. The van der Waals surface area contributed by atoms with Crippen LogP contribution in [-0.2, 0) is 11.2 Å². The molecule has 0 radical (unpaired) electrons. The number of fused-ring (bicyclic) bond motifs is 1. The minimum atomic E-state index is -0.407. The van der Waals surface area contributed by atoms with Gasteiger partial charge in [0.1, 0.15) is 6.04 Å². The lowest BCUT2D eigenvalue weighted by Gasteiger charge is -2.17. The summed E-state index contributed by atoms with van der Waals surface area (Å²) in [5.41, 5.74) is 8.85. The summed E-state index contributed by atoms with van der Waals surface area (Å²) in [6, 6.07) is 5.43. The molecule has 100 valence electrons. The second kappa shape index (κ2) is 4.77. The van der Waals surface area contributed by atoms with Crippen LogP contribution in [0.15, 0.2) is 18.2 Å². The lowest BCUT2D eigenvalue weighted by Crippen LogP contribution is -2.43. The number of hydrogen-bond acceptors (Lipinski definition) is 4. The largest absolute Gasteiger partial charge is 0.399 e. The fourth-order valence-corrected chi connectivity index (χ4v) is 3.36. The highest BCUT2D eigenvalue weighted by molar-refractivity contribution is 8.14. The van der Waals surface area contributed by atoms with E-state index in [0.29, 0.717) is 5.75 Å². The Hall–Kier alpha value is -1.69. The van der Waals surface area contributed by atoms with Crippen LogP contribution in [0.1, 0.15) is 23.6 Å². The molecule has 1 aromatic rings. The Balaban J connectivity index is 1.69. The number of aryl methyl sites for hydroxylation is 1. The van der Waals surface area contributed by atoms with E-state index in [1.807, 2.05) is 18.2 Å². The van der Waals surface area contributed by atoms with Gasteiger partial charge in [-0.25, -0.2) is 0 Å². The zero-order valence-electron chi connectivity index (χ0n) is 10.3. The van der Waals surface area contributed by atoms with Crippen molar-refractivity contribution in [3.05, 3.63) is 29.3 Å². The van der Waals surface area contributed by atoms with Gasteiger partial charge in [0.25, 0.3) is 5.24 Å². The lowest BCUT2D eigenvalue weighted by molar-refractivity contribution is -0.123. The summed E-state index contributed by atoms with van der Waals surface area (Å²) in [7, 11) is 0. The Bertz CT molecular complexity index is 547. The zero-order valence-corrected chi connectivity index (χ0v) is 11.1. The third-order valence-electron chi connectivity index (χ3n) is 3.55. The zero-order chi connectivity index (χ0) is 13.4. The predicted molar refractivity (Wildman–Crippen MR) is 74.8 cm³/mol. The molecule has 2 aliphatic rings. The number of carbonyl (C=O) groups excluding carboxylic acids is 2. The molecule has 1 aliphatic heterocycles. The normalized spacial score (nSPS) is 24.9. The molecule has 1 heterocycles. The van der Waals surface area contributed by atoms with Gasteiger partial charge >= 0.3 is 0 Å². The second-order valence-electron chi connectivity index (χ2n) is 4.85. The van der Waals surface area contributed by atoms with Crippen LogP contribution >= 0.6 is 11.8 Å². The van der Waals surface area contributed by atoms with Crippen molar-refractivity contribution in [3.63, 3.8) is 0 Å². The number of carbonyl (C=O) groups is 2. The van der Waals surface area contributed by atoms with Crippen LogP contribution in [0.4, 0.5) is 10.5 Å². The van der Waals surface area contributed by atoms with Crippen molar-refractivity contribution in [2.24, 2.45) is 0 Å². The van der Waals surface area contributed by atoms with Crippen LogP contribution in [-0.4, -0.2) is 22.9 Å². The molecule has 1 aliphatic carbocycles. The molecular formula is C13H15N3O2S. The Morgan fingerprint density at radius 2 is 2.32 bits per heavy atom. The van der Waals surface area contributed by atoms with Gasteiger partial charge < -0.3 is 16.4 Å². The number of nitrogens with one attached hydrogen (secondary N) is 2. The van der Waals surface area contributed by atoms with Crippen molar-refractivity contribution in [3.8, 4) is 0 Å². The number of amides is 2. The predicted octanol–water partition coefficient (Wildman–Crippen LogP) is 1.20. The average molecular weight is 277 g/mol. The van der Waals surface area contributed by atoms with Gasteiger partial charge in [0.05, 0.1) is 6.04 Å². The van der Waals surface area contributed by atoms with Crippen molar-refractivity contribution < 1.29 is 9.59 Å². The molecule has 1 aromatic carbocycles. The smallest absolute Gasteiger partial charge is 0.279 e. The van der Waals surface area contributed by atoms with Crippen LogP contribution in [0.5, 0.6) is 0 Å². The topological polar surface area (TPSA) is 84.2 Å². The number of nitrogen functional groups attached to an aromatic ring is 1. The van der Waals surface area contributed by atoms with Crippen LogP contribution in [0.3, 0.4) is 0 Å². The molecule has 0 spiro atoms. The molecule has 2 atom stereocenters. The first-order valence-corrected chi connectivity index (χ1v) is 7.24. The molecular weight excluding hydrogens is 262 g/mol. The summed E-state index contributed by atoms with van der Waals surface area (Å²) in [5.74, 6) is 0.402. The third-order valence-corrected chi connectivity index (χ3v) is 4.43. The average Bonchev–Trinajstić information content (AvgIpc) is 2.96. The van der Waals surface area contributed by atoms with E-state index in [1.54, 1.807) is 0 Å². The molecule has 1 fully saturated rings. The Labute approximate surface area is 115 Å². The second-order valence-corrected chi connectivity index (χ2v) is 5.85. The maximum absolute atomic E-state index is 12.1. The van der Waals surface area contributed by atoms with Gasteiger partial charge in [-0.2, -0.15) is 0 Å². The summed E-state index contributed by atoms with van der Waals surface area (Å²) in [4.78, 5) is 23.1. The van der Waals surface area contributed by atoms with E-state index in [2.05, 4.69) is 10.6 Å². The maximum Gasteiger partial charge on any atom is 0.279 e. The minimum absolute atomic E-state index is 0.0330. The number of hydrogen-bond donors (Lipinski definition) is 3. The van der Waals surface area contributed by atoms with Crippen molar-refractivity contribution in [2.45, 2.75) is 24.9 Å². The molecule has 0 saturated carbocycles. The van der Waals surface area contributed by atoms with Crippen molar-refractivity contribution >= 4 is 28.6 Å². The summed E-state index contributed by atoms with van der Waals surface area (Å²) in [5, 5.41) is 5.54. The van der Waals surface area contributed by atoms with Gasteiger partial charge in [0.2, 0.25) is 5.91 Å². The number of thioether (sulfide) groups is 1. The van der Waals surface area contributed by atoms with E-state index in [1.165, 1.54) is 5.56 Å². The summed E-state index contributed by atoms with van der Waals surface area (Å²) in [6.45, 7) is 0. The molecule has 2 unspecified atom stereocenters. The molecule has 0 aromatic heterocycles. The SMILES string of the molecule is Nc1ccc2c(c1)CCC2NC(=O)C1CSC(=O)N1. The highest BCUT2D eigenvalue weighted by atomic mass is 32.2. The first kappa shape index (κ1) is 12.3. The van der Waals surface area contributed by atoms with Gasteiger partial charge in [-0.1, -0.05) is 17.8 Å². The minimum Gasteiger partial charge on any atom is -0.399 e. The lowest BCUT2D eigenvalue weighted by atomic mass is 10.1. The van der Waals surface area contributed by atoms with Crippen LogP contribution in [0.2, 0.25) is 0 Å². The molecule has 0 bridgehead atoms. The number of rotatable bonds is 2.